The molecule has 2 aromatic rings. The quantitative estimate of drug-likeness (QED) is 0.513. The molecule has 0 radical (unpaired) electrons. The number of hydrogen-bond acceptors (Lipinski definition) is 6. The first-order valence-corrected chi connectivity index (χ1v) is 9.07. The molecular formula is C18H17ClN2O5S. The third-order valence-electron chi connectivity index (χ3n) is 3.25. The van der Waals surface area contributed by atoms with Gasteiger partial charge in [0.15, 0.2) is 6.61 Å². The van der Waals surface area contributed by atoms with E-state index in [0.29, 0.717) is 21.4 Å². The number of hydrogen-bond donors (Lipinski definition) is 2. The van der Waals surface area contributed by atoms with E-state index in [-0.39, 0.29) is 11.3 Å². The van der Waals surface area contributed by atoms with Crippen molar-refractivity contribution in [3.8, 4) is 5.75 Å². The first-order chi connectivity index (χ1) is 12.9. The highest BCUT2D eigenvalue weighted by molar-refractivity contribution is 8.00. The second-order valence-corrected chi connectivity index (χ2v) is 6.65. The van der Waals surface area contributed by atoms with E-state index in [1.165, 1.54) is 13.2 Å². The molecule has 0 bridgehead atoms. The predicted octanol–water partition coefficient (Wildman–Crippen LogP) is 2.72. The number of nitrogens with two attached hydrogens (primary N) is 1. The van der Waals surface area contributed by atoms with Crippen molar-refractivity contribution < 1.29 is 23.9 Å². The summed E-state index contributed by atoms with van der Waals surface area (Å²) in [6.45, 7) is -0.475. The first kappa shape index (κ1) is 20.6. The number of rotatable bonds is 8. The minimum atomic E-state index is -0.675. The number of thioether (sulfide) groups is 1. The lowest BCUT2D eigenvalue weighted by Crippen LogP contribution is -2.21. The minimum absolute atomic E-state index is 0.0308. The summed E-state index contributed by atoms with van der Waals surface area (Å²) in [5, 5.41) is 2.91. The Hall–Kier alpha value is -2.71. The summed E-state index contributed by atoms with van der Waals surface area (Å²) in [5.74, 6) is -1.19. The summed E-state index contributed by atoms with van der Waals surface area (Å²) < 4.78 is 10.1. The molecule has 0 saturated heterocycles. The molecule has 0 aliphatic rings. The van der Waals surface area contributed by atoms with Gasteiger partial charge in [-0.1, -0.05) is 23.7 Å². The van der Waals surface area contributed by atoms with Crippen LogP contribution in [0.25, 0.3) is 0 Å². The summed E-state index contributed by atoms with van der Waals surface area (Å²) in [4.78, 5) is 35.7. The molecular weight excluding hydrogens is 392 g/mol. The van der Waals surface area contributed by atoms with Crippen molar-refractivity contribution in [2.24, 2.45) is 5.73 Å². The van der Waals surface area contributed by atoms with Gasteiger partial charge in [0.2, 0.25) is 5.91 Å². The van der Waals surface area contributed by atoms with Crippen molar-refractivity contribution in [3.05, 3.63) is 53.1 Å². The summed E-state index contributed by atoms with van der Waals surface area (Å²) in [5.41, 5.74) is 5.82. The standard InChI is InChI=1S/C18H17ClN2O5S/c1-25-14-7-6-11(8-13(14)19)21-17(23)9-26-18(24)12-4-2-3-5-15(12)27-10-16(20)22/h2-8H,9-10H2,1H3,(H2,20,22)(H,21,23). The molecule has 0 saturated carbocycles. The zero-order chi connectivity index (χ0) is 19.8. The molecule has 9 heteroatoms. The van der Waals surface area contributed by atoms with Crippen LogP contribution in [0.4, 0.5) is 5.69 Å². The van der Waals surface area contributed by atoms with Gasteiger partial charge in [-0.05, 0) is 30.3 Å². The van der Waals surface area contributed by atoms with Crippen LogP contribution >= 0.6 is 23.4 Å². The molecule has 0 atom stereocenters. The van der Waals surface area contributed by atoms with Crippen molar-refractivity contribution in [2.75, 3.05) is 24.8 Å². The Labute approximate surface area is 165 Å². The monoisotopic (exact) mass is 408 g/mol. The van der Waals surface area contributed by atoms with Crippen molar-refractivity contribution in [3.63, 3.8) is 0 Å². The Bertz CT molecular complexity index is 859. The molecule has 0 aliphatic heterocycles. The van der Waals surface area contributed by atoms with Crippen LogP contribution in [0.3, 0.4) is 0 Å². The normalized spacial score (nSPS) is 10.1. The summed E-state index contributed by atoms with van der Waals surface area (Å²) >= 11 is 7.12. The Kier molecular flexibility index (Phi) is 7.51. The molecule has 2 amide bonds. The summed E-state index contributed by atoms with van der Waals surface area (Å²) in [7, 11) is 1.48. The van der Waals surface area contributed by atoms with Gasteiger partial charge in [0.05, 0.1) is 23.4 Å². The van der Waals surface area contributed by atoms with Gasteiger partial charge in [-0.3, -0.25) is 9.59 Å². The van der Waals surface area contributed by atoms with Crippen LogP contribution in [0.1, 0.15) is 10.4 Å². The second-order valence-electron chi connectivity index (χ2n) is 5.22. The van der Waals surface area contributed by atoms with E-state index in [1.54, 1.807) is 36.4 Å². The third-order valence-corrected chi connectivity index (χ3v) is 4.64. The number of amides is 2. The number of ether oxygens (including phenoxy) is 2. The van der Waals surface area contributed by atoms with Crippen molar-refractivity contribution in [1.82, 2.24) is 0 Å². The molecule has 27 heavy (non-hydrogen) atoms. The lowest BCUT2D eigenvalue weighted by Gasteiger charge is -2.10. The molecule has 0 fully saturated rings. The highest BCUT2D eigenvalue weighted by atomic mass is 35.5. The lowest BCUT2D eigenvalue weighted by atomic mass is 10.2. The maximum absolute atomic E-state index is 12.2. The molecule has 0 aliphatic carbocycles. The number of nitrogens with one attached hydrogen (secondary N) is 1. The van der Waals surface area contributed by atoms with E-state index in [2.05, 4.69) is 5.32 Å². The molecule has 0 heterocycles. The molecule has 7 nitrogen and oxygen atoms in total. The van der Waals surface area contributed by atoms with Gasteiger partial charge in [-0.15, -0.1) is 11.8 Å². The highest BCUT2D eigenvalue weighted by Gasteiger charge is 2.15. The SMILES string of the molecule is COc1ccc(NC(=O)COC(=O)c2ccccc2SCC(N)=O)cc1Cl. The second kappa shape index (κ2) is 9.84. The number of methoxy groups -OCH3 is 1. The van der Waals surface area contributed by atoms with Crippen LogP contribution < -0.4 is 15.8 Å². The fourth-order valence-corrected chi connectivity index (χ4v) is 3.10. The maximum atomic E-state index is 12.2. The Morgan fingerprint density at radius 1 is 1.19 bits per heavy atom. The van der Waals surface area contributed by atoms with Crippen LogP contribution in [0.2, 0.25) is 5.02 Å². The van der Waals surface area contributed by atoms with E-state index in [1.807, 2.05) is 0 Å². The lowest BCUT2D eigenvalue weighted by molar-refractivity contribution is -0.119. The van der Waals surface area contributed by atoms with Crippen LogP contribution in [0, 0.1) is 0 Å². The van der Waals surface area contributed by atoms with E-state index >= 15 is 0 Å². The number of halogens is 1. The van der Waals surface area contributed by atoms with Crippen LogP contribution in [0.15, 0.2) is 47.4 Å². The van der Waals surface area contributed by atoms with Gasteiger partial charge in [-0.25, -0.2) is 4.79 Å². The number of carbonyl (C=O) groups excluding carboxylic acids is 3. The first-order valence-electron chi connectivity index (χ1n) is 7.71. The average Bonchev–Trinajstić information content (AvgIpc) is 2.65. The van der Waals surface area contributed by atoms with E-state index in [0.717, 1.165) is 11.8 Å². The van der Waals surface area contributed by atoms with Gasteiger partial charge in [0.1, 0.15) is 5.75 Å². The van der Waals surface area contributed by atoms with Gasteiger partial charge >= 0.3 is 5.97 Å². The summed E-state index contributed by atoms with van der Waals surface area (Å²) in [6, 6.07) is 11.3. The zero-order valence-corrected chi connectivity index (χ0v) is 15.9. The van der Waals surface area contributed by atoms with Crippen LogP contribution in [-0.2, 0) is 14.3 Å². The van der Waals surface area contributed by atoms with E-state index in [9.17, 15) is 14.4 Å². The van der Waals surface area contributed by atoms with Crippen LogP contribution in [-0.4, -0.2) is 37.3 Å². The topological polar surface area (TPSA) is 108 Å². The van der Waals surface area contributed by atoms with Gasteiger partial charge in [-0.2, -0.15) is 0 Å². The minimum Gasteiger partial charge on any atom is -0.495 e. The fourth-order valence-electron chi connectivity index (χ4n) is 2.06. The third kappa shape index (κ3) is 6.19. The van der Waals surface area contributed by atoms with E-state index in [4.69, 9.17) is 26.8 Å². The summed E-state index contributed by atoms with van der Waals surface area (Å²) in [6.07, 6.45) is 0. The Balaban J connectivity index is 1.94. The molecule has 2 aromatic carbocycles. The van der Waals surface area contributed by atoms with Crippen molar-refractivity contribution in [1.29, 1.82) is 0 Å². The number of esters is 1. The predicted molar refractivity (Wildman–Crippen MR) is 103 cm³/mol. The number of primary amides is 1. The molecule has 0 spiro atoms. The number of anilines is 1. The average molecular weight is 409 g/mol. The Morgan fingerprint density at radius 2 is 1.93 bits per heavy atom. The van der Waals surface area contributed by atoms with Gasteiger partial charge < -0.3 is 20.5 Å². The molecule has 3 N–H and O–H groups in total. The molecule has 142 valence electrons. The zero-order valence-electron chi connectivity index (χ0n) is 14.4. The van der Waals surface area contributed by atoms with Crippen LogP contribution in [0.5, 0.6) is 5.75 Å². The Morgan fingerprint density at radius 3 is 2.59 bits per heavy atom. The van der Waals surface area contributed by atoms with Crippen molar-refractivity contribution >= 4 is 46.8 Å². The maximum Gasteiger partial charge on any atom is 0.339 e. The highest BCUT2D eigenvalue weighted by Crippen LogP contribution is 2.27. The van der Waals surface area contributed by atoms with Crippen molar-refractivity contribution in [2.45, 2.75) is 4.90 Å². The number of carbonyl (C=O) groups is 3. The molecule has 0 unspecified atom stereocenters. The molecule has 2 rings (SSSR count). The fraction of sp³-hybridized carbons (Fsp3) is 0.167. The molecule has 0 aromatic heterocycles. The smallest absolute Gasteiger partial charge is 0.339 e. The van der Waals surface area contributed by atoms with E-state index < -0.39 is 24.4 Å². The van der Waals surface area contributed by atoms with Gasteiger partial charge in [0, 0.05) is 10.6 Å². The largest absolute Gasteiger partial charge is 0.495 e. The van der Waals surface area contributed by atoms with Gasteiger partial charge in [0.25, 0.3) is 5.91 Å². The number of benzene rings is 2.